The highest BCUT2D eigenvalue weighted by atomic mass is 32.1. The summed E-state index contributed by atoms with van der Waals surface area (Å²) in [6, 6.07) is 8.61. The fourth-order valence-corrected chi connectivity index (χ4v) is 3.80. The number of esters is 1. The van der Waals surface area contributed by atoms with Gasteiger partial charge < -0.3 is 15.4 Å². The first-order valence-electron chi connectivity index (χ1n) is 9.07. The highest BCUT2D eigenvalue weighted by Crippen LogP contribution is 2.32. The number of benzene rings is 1. The quantitative estimate of drug-likeness (QED) is 0.645. The van der Waals surface area contributed by atoms with Gasteiger partial charge in [0.1, 0.15) is 5.00 Å². The molecule has 1 aromatic carbocycles. The molecule has 1 atom stereocenters. The van der Waals surface area contributed by atoms with E-state index < -0.39 is 24.5 Å². The third-order valence-corrected chi connectivity index (χ3v) is 5.44. The Hall–Kier alpha value is -3.00. The van der Waals surface area contributed by atoms with Crippen molar-refractivity contribution in [2.75, 3.05) is 11.9 Å². The Bertz CT molecular complexity index is 921. The smallest absolute Gasteiger partial charge is 0.341 e. The Morgan fingerprint density at radius 1 is 1.07 bits per heavy atom. The Morgan fingerprint density at radius 2 is 1.72 bits per heavy atom. The van der Waals surface area contributed by atoms with Crippen LogP contribution in [0, 0.1) is 13.8 Å². The molecule has 29 heavy (non-hydrogen) atoms. The zero-order valence-corrected chi connectivity index (χ0v) is 17.6. The second-order valence-electron chi connectivity index (χ2n) is 6.67. The molecule has 1 aromatic heterocycles. The lowest BCUT2D eigenvalue weighted by Crippen LogP contribution is -2.43. The number of amides is 2. The van der Waals surface area contributed by atoms with Crippen LogP contribution < -0.4 is 10.6 Å². The predicted octanol–water partition coefficient (Wildman–Crippen LogP) is 2.80. The summed E-state index contributed by atoms with van der Waals surface area (Å²) in [5.41, 5.74) is 1.84. The predicted molar refractivity (Wildman–Crippen MR) is 111 cm³/mol. The van der Waals surface area contributed by atoms with Crippen LogP contribution in [0.3, 0.4) is 0 Å². The van der Waals surface area contributed by atoms with Gasteiger partial charge in [-0.3, -0.25) is 14.4 Å². The van der Waals surface area contributed by atoms with Gasteiger partial charge in [0, 0.05) is 11.8 Å². The first kappa shape index (κ1) is 22.3. The van der Waals surface area contributed by atoms with E-state index in [1.54, 1.807) is 6.92 Å². The normalized spacial score (nSPS) is 11.4. The minimum Gasteiger partial charge on any atom is -0.452 e. The van der Waals surface area contributed by atoms with E-state index in [1.807, 2.05) is 37.3 Å². The van der Waals surface area contributed by atoms with Gasteiger partial charge in [0.25, 0.3) is 5.91 Å². The molecular weight excluding hydrogens is 392 g/mol. The topological polar surface area (TPSA) is 102 Å². The first-order chi connectivity index (χ1) is 13.7. The third kappa shape index (κ3) is 6.25. The van der Waals surface area contributed by atoms with Crippen molar-refractivity contribution in [1.82, 2.24) is 5.32 Å². The van der Waals surface area contributed by atoms with Gasteiger partial charge in [-0.05, 0) is 38.3 Å². The molecule has 154 valence electrons. The molecule has 0 unspecified atom stereocenters. The monoisotopic (exact) mass is 416 g/mol. The van der Waals surface area contributed by atoms with Gasteiger partial charge in [-0.15, -0.1) is 11.3 Å². The Balaban J connectivity index is 2.00. The molecule has 7 nitrogen and oxygen atoms in total. The maximum Gasteiger partial charge on any atom is 0.341 e. The largest absolute Gasteiger partial charge is 0.452 e. The van der Waals surface area contributed by atoms with Crippen LogP contribution in [0.25, 0.3) is 0 Å². The molecule has 0 aliphatic heterocycles. The van der Waals surface area contributed by atoms with Crippen molar-refractivity contribution >= 4 is 39.9 Å². The number of anilines is 1. The van der Waals surface area contributed by atoms with Crippen molar-refractivity contribution in [2.45, 2.75) is 40.2 Å². The van der Waals surface area contributed by atoms with Crippen molar-refractivity contribution in [3.63, 3.8) is 0 Å². The van der Waals surface area contributed by atoms with E-state index in [-0.39, 0.29) is 17.3 Å². The van der Waals surface area contributed by atoms with Gasteiger partial charge in [-0.2, -0.15) is 0 Å². The minimum atomic E-state index is -0.705. The number of carbonyl (C=O) groups is 4. The van der Waals surface area contributed by atoms with E-state index in [9.17, 15) is 19.2 Å². The van der Waals surface area contributed by atoms with Crippen molar-refractivity contribution in [1.29, 1.82) is 0 Å². The van der Waals surface area contributed by atoms with Crippen LogP contribution in [0.2, 0.25) is 0 Å². The summed E-state index contributed by atoms with van der Waals surface area (Å²) in [6.07, 6.45) is 0.353. The molecule has 2 aromatic rings. The summed E-state index contributed by atoms with van der Waals surface area (Å²) in [6.45, 7) is 5.80. The molecule has 0 saturated carbocycles. The number of carbonyl (C=O) groups excluding carboxylic acids is 4. The molecule has 0 saturated heterocycles. The van der Waals surface area contributed by atoms with Crippen molar-refractivity contribution in [3.05, 3.63) is 51.9 Å². The second-order valence-corrected chi connectivity index (χ2v) is 7.89. The van der Waals surface area contributed by atoms with Gasteiger partial charge in [-0.25, -0.2) is 4.79 Å². The van der Waals surface area contributed by atoms with Gasteiger partial charge in [0.15, 0.2) is 12.4 Å². The van der Waals surface area contributed by atoms with Crippen LogP contribution in [-0.4, -0.2) is 36.2 Å². The summed E-state index contributed by atoms with van der Waals surface area (Å²) < 4.78 is 5.13. The maximum absolute atomic E-state index is 12.5. The fraction of sp³-hybridized carbons (Fsp3) is 0.333. The lowest BCUT2D eigenvalue weighted by molar-refractivity contribution is -0.128. The molecular formula is C21H24N2O5S. The molecule has 2 amide bonds. The van der Waals surface area contributed by atoms with Crippen molar-refractivity contribution in [2.24, 2.45) is 0 Å². The van der Waals surface area contributed by atoms with Crippen molar-refractivity contribution < 1.29 is 23.9 Å². The van der Waals surface area contributed by atoms with E-state index in [0.29, 0.717) is 17.0 Å². The average molecular weight is 416 g/mol. The van der Waals surface area contributed by atoms with Gasteiger partial charge in [-0.1, -0.05) is 30.3 Å². The molecule has 0 aliphatic carbocycles. The number of Topliss-reactive ketones (excluding diaryl/α,β-unsaturated/α-hetero) is 1. The summed E-state index contributed by atoms with van der Waals surface area (Å²) in [4.78, 5) is 48.8. The molecule has 0 radical (unpaired) electrons. The van der Waals surface area contributed by atoms with Crippen LogP contribution >= 0.6 is 11.3 Å². The summed E-state index contributed by atoms with van der Waals surface area (Å²) >= 11 is 1.27. The highest BCUT2D eigenvalue weighted by Gasteiger charge is 2.23. The van der Waals surface area contributed by atoms with Crippen LogP contribution in [-0.2, 0) is 25.5 Å². The molecule has 0 spiro atoms. The van der Waals surface area contributed by atoms with Crippen LogP contribution in [0.1, 0.15) is 40.2 Å². The van der Waals surface area contributed by atoms with E-state index in [1.165, 1.54) is 25.2 Å². The lowest BCUT2D eigenvalue weighted by atomic mass is 10.0. The maximum atomic E-state index is 12.5. The summed E-state index contributed by atoms with van der Waals surface area (Å²) in [5.74, 6) is -1.76. The molecule has 2 rings (SSSR count). The number of rotatable bonds is 8. The molecule has 8 heteroatoms. The van der Waals surface area contributed by atoms with Crippen LogP contribution in [0.5, 0.6) is 0 Å². The highest BCUT2D eigenvalue weighted by molar-refractivity contribution is 7.16. The molecule has 1 heterocycles. The van der Waals surface area contributed by atoms with E-state index >= 15 is 0 Å². The number of hydrogen-bond donors (Lipinski definition) is 2. The first-order valence-corrected chi connectivity index (χ1v) is 9.89. The molecule has 0 fully saturated rings. The van der Waals surface area contributed by atoms with Crippen LogP contribution in [0.15, 0.2) is 30.3 Å². The van der Waals surface area contributed by atoms with Crippen molar-refractivity contribution in [3.8, 4) is 0 Å². The Labute approximate surface area is 173 Å². The second kappa shape index (κ2) is 9.97. The van der Waals surface area contributed by atoms with E-state index in [2.05, 4.69) is 10.6 Å². The summed E-state index contributed by atoms with van der Waals surface area (Å²) in [7, 11) is 0. The number of ketones is 1. The average Bonchev–Trinajstić information content (AvgIpc) is 2.93. The number of thiophene rings is 1. The molecule has 0 bridgehead atoms. The number of hydrogen-bond acceptors (Lipinski definition) is 6. The zero-order valence-electron chi connectivity index (χ0n) is 16.8. The Kier molecular flexibility index (Phi) is 7.67. The van der Waals surface area contributed by atoms with Gasteiger partial charge in [0.2, 0.25) is 5.91 Å². The summed E-state index contributed by atoms with van der Waals surface area (Å²) in [5, 5.41) is 5.61. The molecule has 2 N–H and O–H groups in total. The number of nitrogens with one attached hydrogen (secondary N) is 2. The third-order valence-electron chi connectivity index (χ3n) is 4.32. The fourth-order valence-electron chi connectivity index (χ4n) is 2.71. The molecule has 0 aliphatic rings. The minimum absolute atomic E-state index is 0.189. The number of aryl methyl sites for hydroxylation is 1. The lowest BCUT2D eigenvalue weighted by Gasteiger charge is -2.16. The zero-order chi connectivity index (χ0) is 21.6. The van der Waals surface area contributed by atoms with Gasteiger partial charge >= 0.3 is 5.97 Å². The Morgan fingerprint density at radius 3 is 2.31 bits per heavy atom. The van der Waals surface area contributed by atoms with E-state index in [4.69, 9.17) is 4.74 Å². The SMILES string of the molecule is CC(=O)Nc1sc(C)c(C)c1C(=O)OCC(=O)N[C@@H](Cc1ccccc1)C(C)=O. The van der Waals surface area contributed by atoms with E-state index in [0.717, 1.165) is 10.4 Å². The number of ether oxygens (including phenoxy) is 1. The standard InChI is InChI=1S/C21H24N2O5S/c1-12-14(3)29-20(22-15(4)25)19(12)21(27)28-11-18(26)23-17(13(2)24)10-16-8-6-5-7-9-16/h5-9,17H,10-11H2,1-4H3,(H,22,25)(H,23,26)/t17-/m0/s1. The van der Waals surface area contributed by atoms with Crippen LogP contribution in [0.4, 0.5) is 5.00 Å². The van der Waals surface area contributed by atoms with Gasteiger partial charge in [0.05, 0.1) is 11.6 Å².